The zero-order chi connectivity index (χ0) is 20.2. The molecule has 0 saturated carbocycles. The smallest absolute Gasteiger partial charge is 0.229 e. The Hall–Kier alpha value is -3.06. The SMILES string of the molecule is CSc1ccc(N2CC(C(=O)Nc3cccc(Cn4ccnc4)c3)CC2=O)cc1. The molecule has 0 bridgehead atoms. The second-order valence-corrected chi connectivity index (χ2v) is 7.91. The van der Waals surface area contributed by atoms with Crippen LogP contribution in [0.15, 0.2) is 72.1 Å². The van der Waals surface area contributed by atoms with Crippen LogP contribution in [0.5, 0.6) is 0 Å². The van der Waals surface area contributed by atoms with Crippen LogP contribution in [0.3, 0.4) is 0 Å². The van der Waals surface area contributed by atoms with Crippen LogP contribution in [-0.4, -0.2) is 34.2 Å². The van der Waals surface area contributed by atoms with Crippen molar-refractivity contribution in [2.75, 3.05) is 23.0 Å². The van der Waals surface area contributed by atoms with Crippen molar-refractivity contribution < 1.29 is 9.59 Å². The third kappa shape index (κ3) is 4.51. The molecule has 1 unspecified atom stereocenters. The lowest BCUT2D eigenvalue weighted by molar-refractivity contribution is -0.122. The quantitative estimate of drug-likeness (QED) is 0.635. The summed E-state index contributed by atoms with van der Waals surface area (Å²) in [5.41, 5.74) is 2.65. The van der Waals surface area contributed by atoms with Gasteiger partial charge in [-0.1, -0.05) is 12.1 Å². The van der Waals surface area contributed by atoms with Crippen molar-refractivity contribution in [3.63, 3.8) is 0 Å². The van der Waals surface area contributed by atoms with Crippen molar-refractivity contribution in [3.8, 4) is 0 Å². The number of anilines is 2. The minimum atomic E-state index is -0.361. The van der Waals surface area contributed by atoms with E-state index in [1.165, 1.54) is 0 Å². The molecule has 1 atom stereocenters. The molecule has 0 aliphatic carbocycles. The molecule has 1 aromatic heterocycles. The fourth-order valence-corrected chi connectivity index (χ4v) is 3.89. The first-order valence-electron chi connectivity index (χ1n) is 9.42. The highest BCUT2D eigenvalue weighted by Crippen LogP contribution is 2.28. The second kappa shape index (κ2) is 8.53. The number of carbonyl (C=O) groups excluding carboxylic acids is 2. The summed E-state index contributed by atoms with van der Waals surface area (Å²) in [6, 6.07) is 15.6. The predicted molar refractivity (Wildman–Crippen MR) is 115 cm³/mol. The lowest BCUT2D eigenvalue weighted by atomic mass is 10.1. The van der Waals surface area contributed by atoms with Gasteiger partial charge in [0.15, 0.2) is 0 Å². The number of imidazole rings is 1. The highest BCUT2D eigenvalue weighted by molar-refractivity contribution is 7.98. The number of amides is 2. The number of hydrogen-bond donors (Lipinski definition) is 1. The van der Waals surface area contributed by atoms with Gasteiger partial charge in [0.05, 0.1) is 12.2 Å². The van der Waals surface area contributed by atoms with E-state index in [9.17, 15) is 9.59 Å². The lowest BCUT2D eigenvalue weighted by Crippen LogP contribution is -2.28. The van der Waals surface area contributed by atoms with E-state index in [0.29, 0.717) is 13.1 Å². The van der Waals surface area contributed by atoms with E-state index in [4.69, 9.17) is 0 Å². The van der Waals surface area contributed by atoms with Gasteiger partial charge < -0.3 is 14.8 Å². The van der Waals surface area contributed by atoms with Gasteiger partial charge in [0.1, 0.15) is 0 Å². The number of carbonyl (C=O) groups is 2. The Morgan fingerprint density at radius 3 is 2.79 bits per heavy atom. The standard InChI is InChI=1S/C22H22N4O2S/c1-29-20-7-5-19(6-8-20)26-14-17(12-21(26)27)22(28)24-18-4-2-3-16(11-18)13-25-10-9-23-15-25/h2-11,15,17H,12-14H2,1H3,(H,24,28). The maximum absolute atomic E-state index is 12.8. The zero-order valence-electron chi connectivity index (χ0n) is 16.1. The van der Waals surface area contributed by atoms with Crippen molar-refractivity contribution in [2.45, 2.75) is 17.9 Å². The molecule has 7 heteroatoms. The van der Waals surface area contributed by atoms with E-state index in [1.54, 1.807) is 29.2 Å². The van der Waals surface area contributed by atoms with Gasteiger partial charge in [-0.3, -0.25) is 9.59 Å². The van der Waals surface area contributed by atoms with Crippen LogP contribution in [0, 0.1) is 5.92 Å². The van der Waals surface area contributed by atoms with Gasteiger partial charge in [-0.15, -0.1) is 11.8 Å². The molecule has 2 amide bonds. The van der Waals surface area contributed by atoms with E-state index >= 15 is 0 Å². The van der Waals surface area contributed by atoms with Crippen LogP contribution in [0.1, 0.15) is 12.0 Å². The van der Waals surface area contributed by atoms with Crippen molar-refractivity contribution in [1.29, 1.82) is 0 Å². The second-order valence-electron chi connectivity index (χ2n) is 7.03. The van der Waals surface area contributed by atoms with E-state index in [1.807, 2.05) is 65.6 Å². The molecular formula is C22H22N4O2S. The number of nitrogens with zero attached hydrogens (tertiary/aromatic N) is 3. The van der Waals surface area contributed by atoms with Gasteiger partial charge in [-0.05, 0) is 48.2 Å². The first-order valence-corrected chi connectivity index (χ1v) is 10.6. The zero-order valence-corrected chi connectivity index (χ0v) is 16.9. The fraction of sp³-hybridized carbons (Fsp3) is 0.227. The van der Waals surface area contributed by atoms with Gasteiger partial charge in [0.25, 0.3) is 0 Å². The lowest BCUT2D eigenvalue weighted by Gasteiger charge is -2.17. The molecule has 0 radical (unpaired) electrons. The third-order valence-electron chi connectivity index (χ3n) is 5.00. The minimum Gasteiger partial charge on any atom is -0.333 e. The monoisotopic (exact) mass is 406 g/mol. The first-order chi connectivity index (χ1) is 14.1. The van der Waals surface area contributed by atoms with Gasteiger partial charge >= 0.3 is 0 Å². The first kappa shape index (κ1) is 19.3. The molecule has 148 valence electrons. The van der Waals surface area contributed by atoms with Gasteiger partial charge in [-0.2, -0.15) is 0 Å². The highest BCUT2D eigenvalue weighted by atomic mass is 32.2. The Morgan fingerprint density at radius 2 is 2.07 bits per heavy atom. The summed E-state index contributed by atoms with van der Waals surface area (Å²) in [4.78, 5) is 32.1. The number of hydrogen-bond acceptors (Lipinski definition) is 4. The number of rotatable bonds is 6. The summed E-state index contributed by atoms with van der Waals surface area (Å²) in [5, 5.41) is 2.97. The Kier molecular flexibility index (Phi) is 5.67. The average molecular weight is 407 g/mol. The van der Waals surface area contributed by atoms with Crippen LogP contribution in [-0.2, 0) is 16.1 Å². The number of aromatic nitrogens is 2. The molecular weight excluding hydrogens is 384 g/mol. The molecule has 1 aliphatic heterocycles. The molecule has 1 fully saturated rings. The molecule has 0 spiro atoms. The van der Waals surface area contributed by atoms with Crippen LogP contribution in [0.25, 0.3) is 0 Å². The van der Waals surface area contributed by atoms with Crippen LogP contribution < -0.4 is 10.2 Å². The summed E-state index contributed by atoms with van der Waals surface area (Å²) in [6.45, 7) is 1.09. The molecule has 1 saturated heterocycles. The van der Waals surface area contributed by atoms with Crippen molar-refractivity contribution in [3.05, 3.63) is 72.8 Å². The Morgan fingerprint density at radius 1 is 1.24 bits per heavy atom. The molecule has 4 rings (SSSR count). The van der Waals surface area contributed by atoms with E-state index in [0.717, 1.165) is 21.8 Å². The van der Waals surface area contributed by atoms with Crippen LogP contribution in [0.2, 0.25) is 0 Å². The van der Waals surface area contributed by atoms with Gasteiger partial charge in [0, 0.05) is 48.2 Å². The number of benzene rings is 2. The summed E-state index contributed by atoms with van der Waals surface area (Å²) < 4.78 is 1.97. The number of nitrogens with one attached hydrogen (secondary N) is 1. The maximum atomic E-state index is 12.8. The van der Waals surface area contributed by atoms with Crippen molar-refractivity contribution in [1.82, 2.24) is 9.55 Å². The Labute approximate surface area is 173 Å². The van der Waals surface area contributed by atoms with Gasteiger partial charge in [0.2, 0.25) is 11.8 Å². The maximum Gasteiger partial charge on any atom is 0.229 e. The molecule has 3 aromatic rings. The van der Waals surface area contributed by atoms with Crippen molar-refractivity contribution in [2.24, 2.45) is 5.92 Å². The van der Waals surface area contributed by atoms with Crippen LogP contribution >= 0.6 is 11.8 Å². The topological polar surface area (TPSA) is 67.2 Å². The predicted octanol–water partition coefficient (Wildman–Crippen LogP) is 3.64. The third-order valence-corrected chi connectivity index (χ3v) is 5.74. The van der Waals surface area contributed by atoms with Gasteiger partial charge in [-0.25, -0.2) is 4.98 Å². The summed E-state index contributed by atoms with van der Waals surface area (Å²) in [5.74, 6) is -0.502. The number of thioether (sulfide) groups is 1. The summed E-state index contributed by atoms with van der Waals surface area (Å²) in [6.07, 6.45) is 7.64. The molecule has 1 aliphatic rings. The largest absolute Gasteiger partial charge is 0.333 e. The Bertz CT molecular complexity index is 1000. The fourth-order valence-electron chi connectivity index (χ4n) is 3.48. The normalized spacial score (nSPS) is 16.2. The average Bonchev–Trinajstić information content (AvgIpc) is 3.38. The molecule has 2 aromatic carbocycles. The van der Waals surface area contributed by atoms with E-state index < -0.39 is 0 Å². The molecule has 2 heterocycles. The highest BCUT2D eigenvalue weighted by Gasteiger charge is 2.35. The van der Waals surface area contributed by atoms with E-state index in [2.05, 4.69) is 10.3 Å². The van der Waals surface area contributed by atoms with Crippen molar-refractivity contribution >= 4 is 35.0 Å². The molecule has 29 heavy (non-hydrogen) atoms. The minimum absolute atomic E-state index is 0.0177. The van der Waals surface area contributed by atoms with E-state index in [-0.39, 0.29) is 24.2 Å². The Balaban J connectivity index is 1.40. The molecule has 6 nitrogen and oxygen atoms in total. The summed E-state index contributed by atoms with van der Waals surface area (Å²) >= 11 is 1.66. The van der Waals surface area contributed by atoms with Crippen LogP contribution in [0.4, 0.5) is 11.4 Å². The summed E-state index contributed by atoms with van der Waals surface area (Å²) in [7, 11) is 0. The molecule has 1 N–H and O–H groups in total.